The normalized spacial score (nSPS) is 23.9. The van der Waals surface area contributed by atoms with Gasteiger partial charge in [-0.25, -0.2) is 9.37 Å². The van der Waals surface area contributed by atoms with Crippen LogP contribution in [0.15, 0.2) is 36.5 Å². The summed E-state index contributed by atoms with van der Waals surface area (Å²) in [7, 11) is 0. The molecule has 1 aromatic heterocycles. The van der Waals surface area contributed by atoms with Gasteiger partial charge in [-0.3, -0.25) is 0 Å². The fourth-order valence-electron chi connectivity index (χ4n) is 3.50. The second-order valence-corrected chi connectivity index (χ2v) is 6.67. The number of fused-ring (bicyclic) bond motifs is 1. The first-order chi connectivity index (χ1) is 11.6. The number of rotatable bonds is 1. The molecular weight excluding hydrogens is 301 g/mol. The third-order valence-corrected chi connectivity index (χ3v) is 4.96. The minimum atomic E-state index is -0.367. The lowest BCUT2D eigenvalue weighted by Gasteiger charge is -2.21. The zero-order valence-corrected chi connectivity index (χ0v) is 13.4. The fourth-order valence-corrected chi connectivity index (χ4v) is 3.50. The van der Waals surface area contributed by atoms with Crippen molar-refractivity contribution in [2.75, 3.05) is 18.0 Å². The summed E-state index contributed by atoms with van der Waals surface area (Å²) in [6.45, 7) is 3.66. The van der Waals surface area contributed by atoms with Crippen LogP contribution in [-0.2, 0) is 0 Å². The van der Waals surface area contributed by atoms with Gasteiger partial charge in [-0.15, -0.1) is 0 Å². The van der Waals surface area contributed by atoms with Crippen molar-refractivity contribution in [1.29, 1.82) is 5.26 Å². The van der Waals surface area contributed by atoms with Crippen LogP contribution in [0.3, 0.4) is 0 Å². The van der Waals surface area contributed by atoms with Gasteiger partial charge in [0, 0.05) is 25.0 Å². The minimum absolute atomic E-state index is 0.0108. The quantitative estimate of drug-likeness (QED) is 0.758. The van der Waals surface area contributed by atoms with E-state index in [0.717, 1.165) is 36.5 Å². The van der Waals surface area contributed by atoms with Crippen LogP contribution in [0.4, 0.5) is 10.1 Å². The smallest absolute Gasteiger partial charge is 0.126 e. The van der Waals surface area contributed by atoms with Gasteiger partial charge in [-0.2, -0.15) is 5.26 Å². The first-order valence-electron chi connectivity index (χ1n) is 8.00. The number of aromatic nitrogens is 1. The molecule has 4 heteroatoms. The van der Waals surface area contributed by atoms with Gasteiger partial charge in [-0.05, 0) is 55.0 Å². The Bertz CT molecular complexity index is 918. The molecule has 0 N–H and O–H groups in total. The SMILES string of the molecule is Cc1cccnc1C#CC12CC1CN(c1cc(F)cc(C#N)c1)C2. The molecule has 2 unspecified atom stereocenters. The van der Waals surface area contributed by atoms with Crippen LogP contribution < -0.4 is 4.90 Å². The fraction of sp³-hybridized carbons (Fsp3) is 0.300. The highest BCUT2D eigenvalue weighted by atomic mass is 19.1. The highest BCUT2D eigenvalue weighted by molar-refractivity contribution is 5.55. The van der Waals surface area contributed by atoms with Crippen LogP contribution in [0, 0.1) is 47.2 Å². The van der Waals surface area contributed by atoms with Gasteiger partial charge in [0.15, 0.2) is 0 Å². The van der Waals surface area contributed by atoms with E-state index in [1.807, 2.05) is 25.1 Å². The molecule has 2 fully saturated rings. The maximum absolute atomic E-state index is 13.7. The molecule has 0 amide bonds. The Balaban J connectivity index is 1.57. The van der Waals surface area contributed by atoms with Crippen LogP contribution in [-0.4, -0.2) is 18.1 Å². The molecule has 0 bridgehead atoms. The highest BCUT2D eigenvalue weighted by Crippen LogP contribution is 2.58. The maximum atomic E-state index is 13.7. The Morgan fingerprint density at radius 3 is 3.04 bits per heavy atom. The first-order valence-corrected chi connectivity index (χ1v) is 8.00. The molecule has 0 radical (unpaired) electrons. The molecular formula is C20H16FN3. The average molecular weight is 317 g/mol. The standard InChI is InChI=1S/C20H16FN3/c1-14-3-2-6-23-19(14)4-5-20-10-16(20)12-24(13-20)18-8-15(11-22)7-17(21)9-18/h2-3,6-9,16H,10,12-13H2,1H3. The van der Waals surface area contributed by atoms with Crippen molar-refractivity contribution < 1.29 is 4.39 Å². The van der Waals surface area contributed by atoms with Gasteiger partial charge in [-0.1, -0.05) is 12.0 Å². The number of hydrogen-bond donors (Lipinski definition) is 0. The Morgan fingerprint density at radius 2 is 2.25 bits per heavy atom. The summed E-state index contributed by atoms with van der Waals surface area (Å²) >= 11 is 0. The van der Waals surface area contributed by atoms with E-state index in [1.165, 1.54) is 12.1 Å². The summed E-state index contributed by atoms with van der Waals surface area (Å²) in [6, 6.07) is 10.4. The van der Waals surface area contributed by atoms with E-state index in [1.54, 1.807) is 12.3 Å². The molecule has 2 atom stereocenters. The summed E-state index contributed by atoms with van der Waals surface area (Å²) in [5, 5.41) is 9.01. The van der Waals surface area contributed by atoms with E-state index in [0.29, 0.717) is 11.5 Å². The monoisotopic (exact) mass is 317 g/mol. The predicted octanol–water partition coefficient (Wildman–Crippen LogP) is 3.28. The van der Waals surface area contributed by atoms with Crippen LogP contribution in [0.1, 0.15) is 23.2 Å². The number of nitrogens with zero attached hydrogens (tertiary/aromatic N) is 3. The number of piperidine rings is 1. The topological polar surface area (TPSA) is 39.9 Å². The van der Waals surface area contributed by atoms with Gasteiger partial charge in [0.2, 0.25) is 0 Å². The summed E-state index contributed by atoms with van der Waals surface area (Å²) in [5.41, 5.74) is 3.03. The Labute approximate surface area is 140 Å². The summed E-state index contributed by atoms with van der Waals surface area (Å²) in [5.74, 6) is 6.80. The average Bonchev–Trinajstić information content (AvgIpc) is 3.14. The second kappa shape index (κ2) is 5.35. The molecule has 1 aromatic carbocycles. The molecule has 3 nitrogen and oxygen atoms in total. The number of aryl methyl sites for hydroxylation is 1. The summed E-state index contributed by atoms with van der Waals surface area (Å²) in [4.78, 5) is 6.46. The van der Waals surface area contributed by atoms with E-state index in [9.17, 15) is 4.39 Å². The van der Waals surface area contributed by atoms with Gasteiger partial charge in [0.05, 0.1) is 17.0 Å². The molecule has 1 aliphatic carbocycles. The van der Waals surface area contributed by atoms with E-state index in [-0.39, 0.29) is 11.2 Å². The molecule has 2 aromatic rings. The van der Waals surface area contributed by atoms with Crippen LogP contribution >= 0.6 is 0 Å². The van der Waals surface area contributed by atoms with Gasteiger partial charge < -0.3 is 4.90 Å². The van der Waals surface area contributed by atoms with Crippen LogP contribution in [0.25, 0.3) is 0 Å². The molecule has 24 heavy (non-hydrogen) atoms. The molecule has 118 valence electrons. The lowest BCUT2D eigenvalue weighted by Crippen LogP contribution is -2.24. The predicted molar refractivity (Wildman–Crippen MR) is 89.7 cm³/mol. The van der Waals surface area contributed by atoms with E-state index < -0.39 is 0 Å². The Hall–Kier alpha value is -2.85. The third kappa shape index (κ3) is 2.51. The number of halogens is 1. The van der Waals surface area contributed by atoms with Crippen molar-refractivity contribution in [1.82, 2.24) is 4.98 Å². The molecule has 1 saturated heterocycles. The van der Waals surface area contributed by atoms with Crippen molar-refractivity contribution >= 4 is 5.69 Å². The lowest BCUT2D eigenvalue weighted by atomic mass is 10.1. The second-order valence-electron chi connectivity index (χ2n) is 6.67. The molecule has 2 aliphatic rings. The molecule has 1 aliphatic heterocycles. The van der Waals surface area contributed by atoms with E-state index >= 15 is 0 Å². The zero-order chi connectivity index (χ0) is 16.7. The summed E-state index contributed by atoms with van der Waals surface area (Å²) < 4.78 is 13.7. The van der Waals surface area contributed by atoms with E-state index in [4.69, 9.17) is 5.26 Å². The molecule has 4 rings (SSSR count). The highest BCUT2D eigenvalue weighted by Gasteiger charge is 2.59. The number of pyridine rings is 1. The largest absolute Gasteiger partial charge is 0.370 e. The first kappa shape index (κ1) is 14.7. The van der Waals surface area contributed by atoms with Crippen LogP contribution in [0.2, 0.25) is 0 Å². The third-order valence-electron chi connectivity index (χ3n) is 4.96. The van der Waals surface area contributed by atoms with Gasteiger partial charge in [0.1, 0.15) is 11.5 Å². The van der Waals surface area contributed by atoms with Gasteiger partial charge in [0.25, 0.3) is 0 Å². The van der Waals surface area contributed by atoms with E-state index in [2.05, 4.69) is 21.7 Å². The summed E-state index contributed by atoms with van der Waals surface area (Å²) in [6.07, 6.45) is 2.85. The Kier molecular flexibility index (Phi) is 3.28. The zero-order valence-electron chi connectivity index (χ0n) is 13.4. The van der Waals surface area contributed by atoms with Crippen molar-refractivity contribution in [2.24, 2.45) is 11.3 Å². The maximum Gasteiger partial charge on any atom is 0.126 e. The minimum Gasteiger partial charge on any atom is -0.370 e. The van der Waals surface area contributed by atoms with Gasteiger partial charge >= 0.3 is 0 Å². The van der Waals surface area contributed by atoms with Crippen molar-refractivity contribution in [3.63, 3.8) is 0 Å². The Morgan fingerprint density at radius 1 is 1.38 bits per heavy atom. The number of hydrogen-bond acceptors (Lipinski definition) is 3. The molecule has 1 saturated carbocycles. The molecule has 0 spiro atoms. The number of benzene rings is 1. The lowest BCUT2D eigenvalue weighted by molar-refractivity contribution is 0.625. The van der Waals surface area contributed by atoms with Crippen molar-refractivity contribution in [3.05, 3.63) is 59.2 Å². The number of nitriles is 1. The number of anilines is 1. The van der Waals surface area contributed by atoms with Crippen molar-refractivity contribution in [2.45, 2.75) is 13.3 Å². The van der Waals surface area contributed by atoms with Crippen molar-refractivity contribution in [3.8, 4) is 17.9 Å². The molecule has 2 heterocycles. The van der Waals surface area contributed by atoms with Crippen LogP contribution in [0.5, 0.6) is 0 Å².